The molecule has 1 spiro atoms. The Kier molecular flexibility index (Phi) is 2.12. The van der Waals surface area contributed by atoms with Gasteiger partial charge in [-0.2, -0.15) is 0 Å². The Hall–Kier alpha value is -1.45. The molecule has 5 bridgehead atoms. The predicted octanol–water partition coefficient (Wildman–Crippen LogP) is 2.94. The van der Waals surface area contributed by atoms with E-state index in [0.717, 1.165) is 19.6 Å². The quantitative estimate of drug-likeness (QED) is 0.745. The summed E-state index contributed by atoms with van der Waals surface area (Å²) in [5.74, 6) is 1.35. The molecular weight excluding hydrogens is 284 g/mol. The largest absolute Gasteiger partial charge is 0.372 e. The van der Waals surface area contributed by atoms with Crippen molar-refractivity contribution in [3.63, 3.8) is 0 Å². The fraction of sp³-hybridized carbons (Fsp3) is 0.550. The van der Waals surface area contributed by atoms with Crippen molar-refractivity contribution in [1.29, 1.82) is 0 Å². The summed E-state index contributed by atoms with van der Waals surface area (Å²) in [6.45, 7) is 6.37. The number of hydrogen-bond donors (Lipinski definition) is 0. The molecule has 5 fully saturated rings. The van der Waals surface area contributed by atoms with Crippen LogP contribution in [0.5, 0.6) is 0 Å². The molecule has 1 aromatic carbocycles. The van der Waals surface area contributed by atoms with Gasteiger partial charge in [0.05, 0.1) is 29.5 Å². The second-order valence-electron chi connectivity index (χ2n) is 8.18. The molecular formula is C20H22N2O. The molecule has 3 heteroatoms. The van der Waals surface area contributed by atoms with Crippen LogP contribution in [-0.4, -0.2) is 43.0 Å². The van der Waals surface area contributed by atoms with Crippen molar-refractivity contribution in [2.24, 2.45) is 22.2 Å². The molecule has 0 radical (unpaired) electrons. The Labute approximate surface area is 137 Å². The van der Waals surface area contributed by atoms with E-state index in [4.69, 9.17) is 9.73 Å². The van der Waals surface area contributed by atoms with Gasteiger partial charge in [0.2, 0.25) is 0 Å². The van der Waals surface area contributed by atoms with E-state index >= 15 is 0 Å². The fourth-order valence-electron chi connectivity index (χ4n) is 6.95. The normalized spacial score (nSPS) is 48.8. The first kappa shape index (κ1) is 12.9. The molecule has 118 valence electrons. The van der Waals surface area contributed by atoms with Gasteiger partial charge >= 0.3 is 0 Å². The summed E-state index contributed by atoms with van der Waals surface area (Å²) in [4.78, 5) is 7.70. The van der Waals surface area contributed by atoms with Gasteiger partial charge in [0.15, 0.2) is 0 Å². The molecule has 23 heavy (non-hydrogen) atoms. The Morgan fingerprint density at radius 1 is 1.39 bits per heavy atom. The maximum atomic E-state index is 6.32. The number of hydrogen-bond acceptors (Lipinski definition) is 3. The van der Waals surface area contributed by atoms with E-state index in [1.165, 1.54) is 23.4 Å². The lowest BCUT2D eigenvalue weighted by molar-refractivity contribution is -0.190. The van der Waals surface area contributed by atoms with Gasteiger partial charge in [-0.25, -0.2) is 0 Å². The maximum absolute atomic E-state index is 6.32. The zero-order valence-electron chi connectivity index (χ0n) is 13.5. The van der Waals surface area contributed by atoms with Crippen LogP contribution in [0.4, 0.5) is 5.69 Å². The molecule has 4 aliphatic heterocycles. The summed E-state index contributed by atoms with van der Waals surface area (Å²) in [5.41, 5.74) is 4.07. The van der Waals surface area contributed by atoms with E-state index in [1.807, 2.05) is 0 Å². The van der Waals surface area contributed by atoms with E-state index in [2.05, 4.69) is 48.9 Å². The molecule has 6 aliphatic rings. The van der Waals surface area contributed by atoms with E-state index in [0.29, 0.717) is 17.9 Å². The topological polar surface area (TPSA) is 24.8 Å². The first-order valence-corrected chi connectivity index (χ1v) is 8.85. The minimum Gasteiger partial charge on any atom is -0.372 e. The number of para-hydroxylation sites is 1. The first-order valence-electron chi connectivity index (χ1n) is 8.85. The number of aliphatic imine (C=N–C) groups is 1. The standard InChI is InChI=1S/C20H22N2O/c1-3-19-11-22(2)16-9-20(19)13-6-4-5-7-15(13)21-18(20)17-8-14(19)12(16)10-23-17/h3-7,12,14,16-17H,1,8-11H2,2H3/t12-,14+,16+,17-,19-,20-/m0/s1. The lowest BCUT2D eigenvalue weighted by atomic mass is 9.38. The molecule has 2 aliphatic carbocycles. The van der Waals surface area contributed by atoms with Crippen molar-refractivity contribution in [1.82, 2.24) is 4.90 Å². The SMILES string of the molecule is C=C[C@@]12CN(C)[C@@H]3C[C@]14C(=Nc1ccccc14)[C@@H]1C[C@@H]2[C@@H]3CO1. The number of benzene rings is 1. The average Bonchev–Trinajstić information content (AvgIpc) is 2.90. The monoisotopic (exact) mass is 306 g/mol. The summed E-state index contributed by atoms with van der Waals surface area (Å²) in [5, 5.41) is 0. The van der Waals surface area contributed by atoms with Crippen molar-refractivity contribution >= 4 is 11.4 Å². The molecule has 7 rings (SSSR count). The summed E-state index contributed by atoms with van der Waals surface area (Å²) in [6.07, 6.45) is 4.85. The highest BCUT2D eigenvalue weighted by molar-refractivity contribution is 6.07. The highest BCUT2D eigenvalue weighted by Gasteiger charge is 2.74. The zero-order valence-corrected chi connectivity index (χ0v) is 13.5. The van der Waals surface area contributed by atoms with Crippen molar-refractivity contribution in [2.75, 3.05) is 20.2 Å². The molecule has 0 amide bonds. The summed E-state index contributed by atoms with van der Waals surface area (Å²) in [6, 6.07) is 9.39. The van der Waals surface area contributed by atoms with Gasteiger partial charge in [-0.15, -0.1) is 6.58 Å². The molecule has 4 heterocycles. The van der Waals surface area contributed by atoms with E-state index < -0.39 is 0 Å². The smallest absolute Gasteiger partial charge is 0.0968 e. The van der Waals surface area contributed by atoms with Gasteiger partial charge in [0.1, 0.15) is 0 Å². The van der Waals surface area contributed by atoms with Crippen LogP contribution >= 0.6 is 0 Å². The van der Waals surface area contributed by atoms with Crippen molar-refractivity contribution in [3.05, 3.63) is 42.5 Å². The van der Waals surface area contributed by atoms with Gasteiger partial charge in [-0.1, -0.05) is 24.3 Å². The van der Waals surface area contributed by atoms with Crippen LogP contribution in [0.2, 0.25) is 0 Å². The average molecular weight is 306 g/mol. The molecule has 0 N–H and O–H groups in total. The van der Waals surface area contributed by atoms with Gasteiger partial charge in [0, 0.05) is 23.9 Å². The van der Waals surface area contributed by atoms with Crippen LogP contribution in [0.3, 0.4) is 0 Å². The van der Waals surface area contributed by atoms with Crippen LogP contribution in [0.15, 0.2) is 41.9 Å². The highest BCUT2D eigenvalue weighted by Crippen LogP contribution is 2.70. The third-order valence-electron chi connectivity index (χ3n) is 7.73. The molecule has 1 aromatic rings. The third-order valence-corrected chi connectivity index (χ3v) is 7.73. The molecule has 6 atom stereocenters. The number of rotatable bonds is 1. The molecule has 2 saturated carbocycles. The molecule has 0 unspecified atom stereocenters. The Bertz CT molecular complexity index is 771. The lowest BCUT2D eigenvalue weighted by Gasteiger charge is -2.72. The Morgan fingerprint density at radius 3 is 3.13 bits per heavy atom. The summed E-state index contributed by atoms with van der Waals surface area (Å²) < 4.78 is 6.32. The number of nitrogens with zero attached hydrogens (tertiary/aromatic N) is 2. The van der Waals surface area contributed by atoms with Crippen LogP contribution in [-0.2, 0) is 10.2 Å². The Morgan fingerprint density at radius 2 is 2.26 bits per heavy atom. The fourth-order valence-corrected chi connectivity index (χ4v) is 6.95. The first-order chi connectivity index (χ1) is 11.2. The molecule has 3 saturated heterocycles. The van der Waals surface area contributed by atoms with Crippen molar-refractivity contribution in [3.8, 4) is 0 Å². The third kappa shape index (κ3) is 1.15. The van der Waals surface area contributed by atoms with E-state index in [-0.39, 0.29) is 16.9 Å². The van der Waals surface area contributed by atoms with Crippen LogP contribution in [0.25, 0.3) is 0 Å². The van der Waals surface area contributed by atoms with Gasteiger partial charge in [0.25, 0.3) is 0 Å². The van der Waals surface area contributed by atoms with Crippen molar-refractivity contribution in [2.45, 2.75) is 30.4 Å². The minimum atomic E-state index is 0.0347. The van der Waals surface area contributed by atoms with Gasteiger partial charge in [-0.3, -0.25) is 4.99 Å². The second-order valence-corrected chi connectivity index (χ2v) is 8.18. The lowest BCUT2D eigenvalue weighted by Crippen LogP contribution is -2.78. The zero-order chi connectivity index (χ0) is 15.4. The van der Waals surface area contributed by atoms with Crippen LogP contribution < -0.4 is 0 Å². The second kappa shape index (κ2) is 3.79. The van der Waals surface area contributed by atoms with Crippen LogP contribution in [0, 0.1) is 17.3 Å². The molecule has 0 aromatic heterocycles. The van der Waals surface area contributed by atoms with Crippen molar-refractivity contribution < 1.29 is 4.74 Å². The predicted molar refractivity (Wildman–Crippen MR) is 90.2 cm³/mol. The minimum absolute atomic E-state index is 0.0347. The molecule has 3 nitrogen and oxygen atoms in total. The van der Waals surface area contributed by atoms with E-state index in [1.54, 1.807) is 0 Å². The Balaban J connectivity index is 1.72. The maximum Gasteiger partial charge on any atom is 0.0968 e. The number of piperidine rings is 2. The summed E-state index contributed by atoms with van der Waals surface area (Å²) >= 11 is 0. The van der Waals surface area contributed by atoms with E-state index in [9.17, 15) is 0 Å². The highest BCUT2D eigenvalue weighted by atomic mass is 16.5. The summed E-state index contributed by atoms with van der Waals surface area (Å²) in [7, 11) is 2.29. The van der Waals surface area contributed by atoms with Gasteiger partial charge in [-0.05, 0) is 37.4 Å². The number of fused-ring (bicyclic) bond motifs is 4. The van der Waals surface area contributed by atoms with Crippen LogP contribution in [0.1, 0.15) is 18.4 Å². The number of ether oxygens (including phenoxy) is 1. The van der Waals surface area contributed by atoms with Gasteiger partial charge < -0.3 is 9.64 Å².